The highest BCUT2D eigenvalue weighted by Gasteiger charge is 2.47. The normalized spacial score (nSPS) is 16.0. The van der Waals surface area contributed by atoms with Crippen molar-refractivity contribution in [3.8, 4) is 16.5 Å². The van der Waals surface area contributed by atoms with Gasteiger partial charge in [0.2, 0.25) is 16.7 Å². The summed E-state index contributed by atoms with van der Waals surface area (Å²) in [5, 5.41) is 8.42. The molecule has 0 radical (unpaired) electrons. The van der Waals surface area contributed by atoms with Crippen molar-refractivity contribution in [2.24, 2.45) is 5.41 Å². The summed E-state index contributed by atoms with van der Waals surface area (Å²) in [6, 6.07) is 9.39. The van der Waals surface area contributed by atoms with Crippen LogP contribution in [0.4, 0.5) is 0 Å². The standard InChI is InChI=1S/C32H42N4O6S/c1-29(2,3)17-32(10,11)34-23-21(27(39)42-31(7,8)9)19(26(38)41-30(4,5)6)20-22(40-23)33-28-36(25(20)37)35-24(43-28)18-15-13-12-14-16-18/h12-16,19,34H,17H2,1-11H3. The molecule has 10 nitrogen and oxygen atoms in total. The molecule has 0 fully saturated rings. The van der Waals surface area contributed by atoms with Crippen molar-refractivity contribution in [1.29, 1.82) is 0 Å². The lowest BCUT2D eigenvalue weighted by molar-refractivity contribution is -0.160. The predicted octanol–water partition coefficient (Wildman–Crippen LogP) is 5.99. The van der Waals surface area contributed by atoms with E-state index < -0.39 is 40.2 Å². The van der Waals surface area contributed by atoms with Crippen LogP contribution in [0, 0.1) is 5.41 Å². The minimum atomic E-state index is -1.48. The van der Waals surface area contributed by atoms with E-state index in [4.69, 9.17) is 14.2 Å². The van der Waals surface area contributed by atoms with Crippen LogP contribution in [0.1, 0.15) is 94.1 Å². The number of carbonyl (C=O) groups is 2. The minimum absolute atomic E-state index is 0.00379. The topological polar surface area (TPSA) is 121 Å². The smallest absolute Gasteiger partial charge is 0.341 e. The SMILES string of the molecule is CC(C)(C)CC(C)(C)NC1=C(C(=O)OC(C)(C)C)C(C(=O)OC(C)(C)C)c2c(nc3sc(-c4ccccc4)nn3c2=O)O1. The third-order valence-electron chi connectivity index (χ3n) is 6.14. The fourth-order valence-electron chi connectivity index (χ4n) is 5.20. The molecule has 232 valence electrons. The molecular weight excluding hydrogens is 568 g/mol. The first-order valence-corrected chi connectivity index (χ1v) is 15.1. The van der Waals surface area contributed by atoms with Crippen molar-refractivity contribution in [2.75, 3.05) is 0 Å². The molecule has 1 atom stereocenters. The number of hydrogen-bond donors (Lipinski definition) is 1. The van der Waals surface area contributed by atoms with Crippen LogP contribution in [0.2, 0.25) is 0 Å². The highest BCUT2D eigenvalue weighted by Crippen LogP contribution is 2.40. The molecule has 0 aliphatic carbocycles. The van der Waals surface area contributed by atoms with E-state index in [2.05, 4.69) is 36.2 Å². The fraction of sp³-hybridized carbons (Fsp3) is 0.531. The number of ether oxygens (including phenoxy) is 3. The maximum absolute atomic E-state index is 14.1. The second-order valence-corrected chi connectivity index (χ2v) is 15.6. The molecule has 3 heterocycles. The van der Waals surface area contributed by atoms with Gasteiger partial charge in [-0.25, -0.2) is 4.79 Å². The van der Waals surface area contributed by atoms with E-state index in [1.807, 2.05) is 44.2 Å². The Hall–Kier alpha value is -3.73. The number of aromatic nitrogens is 3. The summed E-state index contributed by atoms with van der Waals surface area (Å²) in [5.41, 5.74) is -2.62. The molecule has 3 aromatic rings. The lowest BCUT2D eigenvalue weighted by Gasteiger charge is -2.37. The molecule has 1 aliphatic rings. The average Bonchev–Trinajstić information content (AvgIpc) is 3.24. The first kappa shape index (κ1) is 32.2. The van der Waals surface area contributed by atoms with Crippen molar-refractivity contribution in [1.82, 2.24) is 19.9 Å². The number of benzene rings is 1. The van der Waals surface area contributed by atoms with Gasteiger partial charge in [0.25, 0.3) is 5.56 Å². The van der Waals surface area contributed by atoms with Crippen molar-refractivity contribution >= 4 is 28.2 Å². The van der Waals surface area contributed by atoms with Gasteiger partial charge in [-0.15, -0.1) is 0 Å². The molecule has 0 spiro atoms. The average molecular weight is 611 g/mol. The Morgan fingerprint density at radius 2 is 1.56 bits per heavy atom. The molecule has 1 unspecified atom stereocenters. The summed E-state index contributed by atoms with van der Waals surface area (Å²) < 4.78 is 19.0. The van der Waals surface area contributed by atoms with Gasteiger partial charge in [-0.1, -0.05) is 62.4 Å². The van der Waals surface area contributed by atoms with Crippen LogP contribution >= 0.6 is 11.3 Å². The van der Waals surface area contributed by atoms with Gasteiger partial charge in [0.05, 0.1) is 0 Å². The number of nitrogens with zero attached hydrogens (tertiary/aromatic N) is 3. The summed E-state index contributed by atoms with van der Waals surface area (Å²) in [6.45, 7) is 20.6. The number of esters is 2. The number of hydrogen-bond acceptors (Lipinski definition) is 10. The Bertz CT molecular complexity index is 1630. The maximum Gasteiger partial charge on any atom is 0.341 e. The van der Waals surface area contributed by atoms with Crippen LogP contribution in [0.5, 0.6) is 5.88 Å². The first-order valence-electron chi connectivity index (χ1n) is 14.3. The van der Waals surface area contributed by atoms with E-state index >= 15 is 0 Å². The largest absolute Gasteiger partial charge is 0.459 e. The number of nitrogens with one attached hydrogen (secondary N) is 1. The van der Waals surface area contributed by atoms with Gasteiger partial charge in [0.15, 0.2) is 0 Å². The third kappa shape index (κ3) is 7.62. The first-order chi connectivity index (χ1) is 19.6. The van der Waals surface area contributed by atoms with Crippen LogP contribution in [-0.4, -0.2) is 43.3 Å². The maximum atomic E-state index is 14.1. The highest BCUT2D eigenvalue weighted by molar-refractivity contribution is 7.19. The van der Waals surface area contributed by atoms with E-state index in [-0.39, 0.29) is 33.3 Å². The van der Waals surface area contributed by atoms with Gasteiger partial charge in [0, 0.05) is 11.1 Å². The van der Waals surface area contributed by atoms with Crippen molar-refractivity contribution < 1.29 is 23.8 Å². The minimum Gasteiger partial charge on any atom is -0.459 e. The van der Waals surface area contributed by atoms with Crippen LogP contribution in [-0.2, 0) is 19.1 Å². The Morgan fingerprint density at radius 3 is 2.12 bits per heavy atom. The summed E-state index contributed by atoms with van der Waals surface area (Å²) in [6.07, 6.45) is 0.683. The number of fused-ring (bicyclic) bond motifs is 2. The highest BCUT2D eigenvalue weighted by atomic mass is 32.1. The molecule has 0 bridgehead atoms. The van der Waals surface area contributed by atoms with Crippen molar-refractivity contribution in [2.45, 2.75) is 105 Å². The molecule has 11 heteroatoms. The Balaban J connectivity index is 1.98. The molecule has 2 aromatic heterocycles. The Kier molecular flexibility index (Phi) is 8.29. The van der Waals surface area contributed by atoms with Gasteiger partial charge in [-0.3, -0.25) is 9.59 Å². The molecule has 43 heavy (non-hydrogen) atoms. The van der Waals surface area contributed by atoms with E-state index in [9.17, 15) is 14.4 Å². The molecule has 0 amide bonds. The van der Waals surface area contributed by atoms with Gasteiger partial charge < -0.3 is 19.5 Å². The van der Waals surface area contributed by atoms with Crippen molar-refractivity contribution in [3.63, 3.8) is 0 Å². The van der Waals surface area contributed by atoms with Gasteiger partial charge in [-0.05, 0) is 67.2 Å². The van der Waals surface area contributed by atoms with Crippen molar-refractivity contribution in [3.05, 3.63) is 57.7 Å². The molecule has 1 N–H and O–H groups in total. The molecule has 0 saturated carbocycles. The zero-order chi connectivity index (χ0) is 32.1. The zero-order valence-electron chi connectivity index (χ0n) is 26.9. The Labute approximate surface area is 256 Å². The molecule has 1 aliphatic heterocycles. The third-order valence-corrected chi connectivity index (χ3v) is 7.09. The quantitative estimate of drug-likeness (QED) is 0.335. The van der Waals surface area contributed by atoms with Crippen LogP contribution in [0.15, 0.2) is 46.6 Å². The van der Waals surface area contributed by atoms with E-state index in [0.29, 0.717) is 11.4 Å². The lowest BCUT2D eigenvalue weighted by Crippen LogP contribution is -2.47. The number of carbonyl (C=O) groups excluding carboxylic acids is 2. The number of rotatable bonds is 6. The predicted molar refractivity (Wildman–Crippen MR) is 166 cm³/mol. The summed E-state index contributed by atoms with van der Waals surface area (Å²) in [7, 11) is 0. The molecular formula is C32H42N4O6S. The summed E-state index contributed by atoms with van der Waals surface area (Å²) in [5.74, 6) is -3.19. The van der Waals surface area contributed by atoms with E-state index in [0.717, 1.165) is 10.1 Å². The second kappa shape index (κ2) is 11.1. The second-order valence-electron chi connectivity index (χ2n) is 14.7. The fourth-order valence-corrected chi connectivity index (χ4v) is 6.09. The van der Waals surface area contributed by atoms with E-state index in [1.54, 1.807) is 41.5 Å². The molecule has 0 saturated heterocycles. The Morgan fingerprint density at radius 1 is 0.953 bits per heavy atom. The van der Waals surface area contributed by atoms with E-state index in [1.165, 1.54) is 11.3 Å². The van der Waals surface area contributed by atoms with Crippen LogP contribution in [0.25, 0.3) is 15.5 Å². The van der Waals surface area contributed by atoms with Gasteiger partial charge in [-0.2, -0.15) is 14.6 Å². The molecule has 4 rings (SSSR count). The summed E-state index contributed by atoms with van der Waals surface area (Å²) in [4.78, 5) is 46.9. The summed E-state index contributed by atoms with van der Waals surface area (Å²) >= 11 is 1.21. The monoisotopic (exact) mass is 610 g/mol. The zero-order valence-corrected chi connectivity index (χ0v) is 27.7. The van der Waals surface area contributed by atoms with Crippen LogP contribution in [0.3, 0.4) is 0 Å². The van der Waals surface area contributed by atoms with Gasteiger partial charge in [0.1, 0.15) is 33.3 Å². The van der Waals surface area contributed by atoms with Crippen LogP contribution < -0.4 is 15.6 Å². The van der Waals surface area contributed by atoms with Gasteiger partial charge >= 0.3 is 11.9 Å². The molecule has 1 aromatic carbocycles. The lowest BCUT2D eigenvalue weighted by atomic mass is 9.81.